The maximum Gasteiger partial charge on any atom is 0.387 e. The summed E-state index contributed by atoms with van der Waals surface area (Å²) in [7, 11) is -3.89. The Morgan fingerprint density at radius 1 is 1.30 bits per heavy atom. The fourth-order valence-electron chi connectivity index (χ4n) is 1.41. The molecule has 0 fully saturated rings. The van der Waals surface area contributed by atoms with E-state index in [1.807, 2.05) is 0 Å². The number of ether oxygens (including phenoxy) is 1. The van der Waals surface area contributed by atoms with Crippen LogP contribution in [0.1, 0.15) is 0 Å². The number of aromatic amines is 1. The molecule has 0 radical (unpaired) electrons. The molecule has 2 rings (SSSR count). The van der Waals surface area contributed by atoms with Crippen LogP contribution in [-0.2, 0) is 10.0 Å². The molecule has 0 spiro atoms. The Hall–Kier alpha value is -2.36. The minimum atomic E-state index is -3.89. The van der Waals surface area contributed by atoms with Crippen LogP contribution in [0, 0.1) is 0 Å². The molecule has 0 aliphatic heterocycles. The van der Waals surface area contributed by atoms with Crippen molar-refractivity contribution in [1.82, 2.24) is 10.2 Å². The number of alkyl halides is 2. The van der Waals surface area contributed by atoms with Crippen LogP contribution in [0.25, 0.3) is 0 Å². The molecule has 0 atom stereocenters. The topological polar surface area (TPSA) is 110 Å². The number of H-pyrrole nitrogens is 1. The molecule has 1 aromatic carbocycles. The Morgan fingerprint density at radius 3 is 2.45 bits per heavy atom. The van der Waals surface area contributed by atoms with Crippen LogP contribution in [0.2, 0.25) is 0 Å². The number of nitrogens with one attached hydrogen (secondary N) is 2. The number of sulfonamides is 1. The number of nitrogens with two attached hydrogens (primary N) is 1. The van der Waals surface area contributed by atoms with Crippen LogP contribution in [0.5, 0.6) is 5.75 Å². The molecule has 7 nitrogen and oxygen atoms in total. The van der Waals surface area contributed by atoms with Crippen LogP contribution in [0.4, 0.5) is 20.3 Å². The van der Waals surface area contributed by atoms with Crippen molar-refractivity contribution < 1.29 is 21.9 Å². The van der Waals surface area contributed by atoms with E-state index in [1.165, 1.54) is 24.3 Å². The first-order valence-electron chi connectivity index (χ1n) is 5.25. The van der Waals surface area contributed by atoms with Gasteiger partial charge in [0.2, 0.25) is 0 Å². The third-order valence-corrected chi connectivity index (χ3v) is 3.66. The van der Waals surface area contributed by atoms with Crippen LogP contribution in [0.3, 0.4) is 0 Å². The van der Waals surface area contributed by atoms with Gasteiger partial charge in [-0.05, 0) is 24.3 Å². The van der Waals surface area contributed by atoms with Crippen molar-refractivity contribution in [3.63, 3.8) is 0 Å². The van der Waals surface area contributed by atoms with E-state index >= 15 is 0 Å². The molecular formula is C10H10F2N4O3S. The molecule has 0 unspecified atom stereocenters. The van der Waals surface area contributed by atoms with Gasteiger partial charge in [-0.1, -0.05) is 0 Å². The van der Waals surface area contributed by atoms with Crippen LogP contribution >= 0.6 is 0 Å². The summed E-state index contributed by atoms with van der Waals surface area (Å²) in [4.78, 5) is -0.203. The van der Waals surface area contributed by atoms with Crippen molar-refractivity contribution in [2.45, 2.75) is 11.5 Å². The van der Waals surface area contributed by atoms with Crippen molar-refractivity contribution in [1.29, 1.82) is 0 Å². The molecule has 0 bridgehead atoms. The number of hydrogen-bond acceptors (Lipinski definition) is 5. The molecule has 0 saturated carbocycles. The second kappa shape index (κ2) is 5.33. The average molecular weight is 304 g/mol. The number of nitrogens with zero attached hydrogens (tertiary/aromatic N) is 1. The summed E-state index contributed by atoms with van der Waals surface area (Å²) in [5.41, 5.74) is 5.59. The number of anilines is 2. The first-order valence-corrected chi connectivity index (χ1v) is 6.73. The number of aromatic nitrogens is 2. The molecule has 0 aliphatic carbocycles. The van der Waals surface area contributed by atoms with E-state index in [1.54, 1.807) is 0 Å². The summed E-state index contributed by atoms with van der Waals surface area (Å²) < 4.78 is 54.2. The van der Waals surface area contributed by atoms with E-state index < -0.39 is 16.6 Å². The summed E-state index contributed by atoms with van der Waals surface area (Å²) >= 11 is 0. The third-order valence-electron chi connectivity index (χ3n) is 2.25. The minimum absolute atomic E-state index is 0.0780. The summed E-state index contributed by atoms with van der Waals surface area (Å²) in [6, 6.07) is 4.99. The standard InChI is InChI=1S/C10H10F2N4O3S/c11-10(12)19-7-3-1-6(2-4-7)16-20(17,18)8-5-14-15-9(8)13/h1-5,10,16H,(H3,13,14,15). The van der Waals surface area contributed by atoms with E-state index in [-0.39, 0.29) is 22.2 Å². The summed E-state index contributed by atoms with van der Waals surface area (Å²) in [6.07, 6.45) is 1.06. The van der Waals surface area contributed by atoms with E-state index in [9.17, 15) is 17.2 Å². The third kappa shape index (κ3) is 3.15. The predicted molar refractivity (Wildman–Crippen MR) is 66.9 cm³/mol. The molecule has 4 N–H and O–H groups in total. The molecule has 20 heavy (non-hydrogen) atoms. The zero-order valence-electron chi connectivity index (χ0n) is 9.88. The molecule has 108 valence electrons. The van der Waals surface area contributed by atoms with Crippen LogP contribution in [0.15, 0.2) is 35.4 Å². The smallest absolute Gasteiger partial charge is 0.387 e. The fourth-order valence-corrected chi connectivity index (χ4v) is 2.50. The number of halogens is 2. The normalized spacial score (nSPS) is 11.6. The van der Waals surface area contributed by atoms with Crippen LogP contribution < -0.4 is 15.2 Å². The highest BCUT2D eigenvalue weighted by Gasteiger charge is 2.19. The van der Waals surface area contributed by atoms with E-state index in [0.717, 1.165) is 6.20 Å². The van der Waals surface area contributed by atoms with Gasteiger partial charge in [0, 0.05) is 5.69 Å². The Kier molecular flexibility index (Phi) is 3.74. The molecular weight excluding hydrogens is 294 g/mol. The highest BCUT2D eigenvalue weighted by molar-refractivity contribution is 7.92. The van der Waals surface area contributed by atoms with E-state index in [4.69, 9.17) is 5.73 Å². The van der Waals surface area contributed by atoms with Gasteiger partial charge in [0.15, 0.2) is 0 Å². The number of hydrogen-bond donors (Lipinski definition) is 3. The van der Waals surface area contributed by atoms with Gasteiger partial charge < -0.3 is 10.5 Å². The highest BCUT2D eigenvalue weighted by atomic mass is 32.2. The van der Waals surface area contributed by atoms with E-state index in [0.29, 0.717) is 0 Å². The number of benzene rings is 1. The molecule has 1 aromatic heterocycles. The number of rotatable bonds is 5. The zero-order chi connectivity index (χ0) is 14.8. The lowest BCUT2D eigenvalue weighted by Gasteiger charge is -2.08. The maximum atomic E-state index is 12.0. The van der Waals surface area contributed by atoms with Gasteiger partial charge in [-0.15, -0.1) is 0 Å². The molecule has 0 saturated heterocycles. The van der Waals surface area contributed by atoms with Crippen molar-refractivity contribution >= 4 is 21.5 Å². The first-order chi connectivity index (χ1) is 9.38. The average Bonchev–Trinajstić information content (AvgIpc) is 2.78. The molecule has 2 aromatic rings. The SMILES string of the molecule is Nc1[nH]ncc1S(=O)(=O)Nc1ccc(OC(F)F)cc1. The van der Waals surface area contributed by atoms with Crippen LogP contribution in [-0.4, -0.2) is 25.2 Å². The highest BCUT2D eigenvalue weighted by Crippen LogP contribution is 2.22. The van der Waals surface area contributed by atoms with Crippen molar-refractivity contribution in [3.8, 4) is 5.75 Å². The minimum Gasteiger partial charge on any atom is -0.435 e. The predicted octanol–water partition coefficient (Wildman–Crippen LogP) is 1.39. The Labute approximate surface area is 112 Å². The maximum absolute atomic E-state index is 12.0. The Morgan fingerprint density at radius 2 is 1.95 bits per heavy atom. The quantitative estimate of drug-likeness (QED) is 0.773. The number of nitrogen functional groups attached to an aromatic ring is 1. The lowest BCUT2D eigenvalue weighted by Crippen LogP contribution is -2.13. The summed E-state index contributed by atoms with van der Waals surface area (Å²) in [5.74, 6) is -0.180. The second-order valence-corrected chi connectivity index (χ2v) is 5.31. The fraction of sp³-hybridized carbons (Fsp3) is 0.100. The van der Waals surface area contributed by atoms with E-state index in [2.05, 4.69) is 19.7 Å². The molecule has 0 amide bonds. The van der Waals surface area contributed by atoms with Gasteiger partial charge in [0.05, 0.1) is 6.20 Å². The second-order valence-electron chi connectivity index (χ2n) is 3.66. The Bertz CT molecular complexity index is 685. The lowest BCUT2D eigenvalue weighted by molar-refractivity contribution is -0.0498. The van der Waals surface area contributed by atoms with Crippen molar-refractivity contribution in [2.75, 3.05) is 10.5 Å². The van der Waals surface area contributed by atoms with Gasteiger partial charge in [-0.3, -0.25) is 9.82 Å². The van der Waals surface area contributed by atoms with Crippen molar-refractivity contribution in [2.24, 2.45) is 0 Å². The molecule has 0 aliphatic rings. The van der Waals surface area contributed by atoms with Gasteiger partial charge >= 0.3 is 6.61 Å². The Balaban J connectivity index is 2.16. The first kappa shape index (κ1) is 14.1. The van der Waals surface area contributed by atoms with Gasteiger partial charge in [-0.25, -0.2) is 8.42 Å². The zero-order valence-corrected chi connectivity index (χ0v) is 10.7. The summed E-state index contributed by atoms with van der Waals surface area (Å²) in [5, 5.41) is 5.80. The lowest BCUT2D eigenvalue weighted by atomic mass is 10.3. The largest absolute Gasteiger partial charge is 0.435 e. The van der Waals surface area contributed by atoms with Gasteiger partial charge in [-0.2, -0.15) is 13.9 Å². The molecule has 1 heterocycles. The van der Waals surface area contributed by atoms with Gasteiger partial charge in [0.1, 0.15) is 16.5 Å². The monoisotopic (exact) mass is 304 g/mol. The van der Waals surface area contributed by atoms with Crippen molar-refractivity contribution in [3.05, 3.63) is 30.5 Å². The molecule has 10 heteroatoms. The summed E-state index contributed by atoms with van der Waals surface area (Å²) in [6.45, 7) is -2.94. The van der Waals surface area contributed by atoms with Gasteiger partial charge in [0.25, 0.3) is 10.0 Å².